The molecule has 2 amide bonds. The fourth-order valence-electron chi connectivity index (χ4n) is 6.38. The molecule has 11 nitrogen and oxygen atoms in total. The molecule has 0 unspecified atom stereocenters. The van der Waals surface area contributed by atoms with Crippen LogP contribution >= 0.6 is 0 Å². The Morgan fingerprint density at radius 1 is 1.06 bits per heavy atom. The van der Waals surface area contributed by atoms with E-state index in [-0.39, 0.29) is 30.2 Å². The van der Waals surface area contributed by atoms with Gasteiger partial charge in [0.15, 0.2) is 5.82 Å². The Labute approximate surface area is 295 Å². The third-order valence-electron chi connectivity index (χ3n) is 8.84. The van der Waals surface area contributed by atoms with Crippen molar-refractivity contribution in [2.75, 3.05) is 30.9 Å². The number of methoxy groups -OCH3 is 1. The third kappa shape index (κ3) is 9.75. The molecule has 0 aliphatic heterocycles. The van der Waals surface area contributed by atoms with E-state index in [1.807, 2.05) is 32.9 Å². The molecule has 0 spiro atoms. The molecule has 2 aromatic heterocycles. The molecule has 4 aromatic rings. The second-order valence-corrected chi connectivity index (χ2v) is 13.9. The lowest BCUT2D eigenvalue weighted by atomic mass is 9.90. The largest absolute Gasteiger partial charge is 0.444 e. The van der Waals surface area contributed by atoms with Crippen LogP contribution in [0.5, 0.6) is 0 Å². The van der Waals surface area contributed by atoms with E-state index in [0.717, 1.165) is 65.5 Å². The van der Waals surface area contributed by atoms with Crippen molar-refractivity contribution in [3.05, 3.63) is 65.4 Å². The first-order valence-electron chi connectivity index (χ1n) is 17.2. The SMILES string of the molecule is CCc1cc(-c2cc(NC(=O)Cc3cccc(C(F)(F)F)c3)nn2C)cc2cnc(NC3CCC(N(CCOC)C(=O)OC(C)(C)C)CC3)nc12. The summed E-state index contributed by atoms with van der Waals surface area (Å²) in [5.41, 5.74) is 2.33. The van der Waals surface area contributed by atoms with Gasteiger partial charge < -0.3 is 25.0 Å². The van der Waals surface area contributed by atoms with Gasteiger partial charge in [-0.3, -0.25) is 9.48 Å². The lowest BCUT2D eigenvalue weighted by Gasteiger charge is -2.37. The van der Waals surface area contributed by atoms with Crippen LogP contribution in [-0.2, 0) is 40.3 Å². The number of fused-ring (bicyclic) bond motifs is 1. The maximum absolute atomic E-state index is 13.1. The predicted octanol–water partition coefficient (Wildman–Crippen LogP) is 7.40. The Bertz CT molecular complexity index is 1850. The monoisotopic (exact) mass is 709 g/mol. The molecule has 0 radical (unpaired) electrons. The Hall–Kier alpha value is -4.72. The number of nitrogens with one attached hydrogen (secondary N) is 2. The van der Waals surface area contributed by atoms with E-state index in [1.54, 1.807) is 36.0 Å². The van der Waals surface area contributed by atoms with Crippen LogP contribution in [0.1, 0.15) is 70.1 Å². The lowest BCUT2D eigenvalue weighted by Crippen LogP contribution is -2.47. The molecule has 2 heterocycles. The Morgan fingerprint density at radius 2 is 1.80 bits per heavy atom. The first kappa shape index (κ1) is 37.5. The quantitative estimate of drug-likeness (QED) is 0.165. The van der Waals surface area contributed by atoms with Crippen molar-refractivity contribution in [3.63, 3.8) is 0 Å². The highest BCUT2D eigenvalue weighted by Gasteiger charge is 2.32. The van der Waals surface area contributed by atoms with Crippen molar-refractivity contribution in [3.8, 4) is 11.3 Å². The van der Waals surface area contributed by atoms with Gasteiger partial charge >= 0.3 is 12.3 Å². The van der Waals surface area contributed by atoms with Gasteiger partial charge in [0.1, 0.15) is 5.60 Å². The van der Waals surface area contributed by atoms with Gasteiger partial charge in [-0.15, -0.1) is 0 Å². The van der Waals surface area contributed by atoms with Crippen LogP contribution in [0.2, 0.25) is 0 Å². The molecule has 1 fully saturated rings. The Kier molecular flexibility index (Phi) is 11.5. The number of carbonyl (C=O) groups is 2. The fraction of sp³-hybridized carbons (Fsp3) is 0.486. The van der Waals surface area contributed by atoms with Crippen molar-refractivity contribution in [2.45, 2.75) is 90.1 Å². The van der Waals surface area contributed by atoms with E-state index in [0.29, 0.717) is 31.3 Å². The van der Waals surface area contributed by atoms with Crippen LogP contribution in [-0.4, -0.2) is 74.6 Å². The summed E-state index contributed by atoms with van der Waals surface area (Å²) < 4.78 is 51.9. The molecule has 1 saturated carbocycles. The normalized spacial score (nSPS) is 16.6. The van der Waals surface area contributed by atoms with E-state index in [1.165, 1.54) is 12.1 Å². The minimum Gasteiger partial charge on any atom is -0.444 e. The van der Waals surface area contributed by atoms with E-state index < -0.39 is 23.2 Å². The molecule has 1 aliphatic carbocycles. The maximum atomic E-state index is 13.1. The van der Waals surface area contributed by atoms with Crippen LogP contribution in [0, 0.1) is 0 Å². The number of hydrogen-bond acceptors (Lipinski definition) is 8. The third-order valence-corrected chi connectivity index (χ3v) is 8.84. The number of benzene rings is 2. The molecule has 14 heteroatoms. The smallest absolute Gasteiger partial charge is 0.416 e. The number of alkyl halides is 3. The minimum absolute atomic E-state index is 0.0619. The van der Waals surface area contributed by atoms with Gasteiger partial charge in [-0.25, -0.2) is 14.8 Å². The van der Waals surface area contributed by atoms with E-state index in [2.05, 4.69) is 27.6 Å². The summed E-state index contributed by atoms with van der Waals surface area (Å²) in [5, 5.41) is 11.5. The lowest BCUT2D eigenvalue weighted by molar-refractivity contribution is -0.137. The minimum atomic E-state index is -4.49. The number of amides is 2. The van der Waals surface area contributed by atoms with Crippen LogP contribution in [0.15, 0.2) is 48.7 Å². The van der Waals surface area contributed by atoms with Crippen molar-refractivity contribution < 1.29 is 32.2 Å². The molecule has 51 heavy (non-hydrogen) atoms. The molecular formula is C37H46F3N7O4. The van der Waals surface area contributed by atoms with Crippen LogP contribution < -0.4 is 10.6 Å². The number of halogens is 3. The topological polar surface area (TPSA) is 124 Å². The maximum Gasteiger partial charge on any atom is 0.416 e. The van der Waals surface area contributed by atoms with Crippen molar-refractivity contribution in [1.82, 2.24) is 24.6 Å². The van der Waals surface area contributed by atoms with Crippen molar-refractivity contribution in [1.29, 1.82) is 0 Å². The summed E-state index contributed by atoms with van der Waals surface area (Å²) >= 11 is 0. The molecule has 5 rings (SSSR count). The zero-order valence-corrected chi connectivity index (χ0v) is 29.9. The molecule has 0 saturated heterocycles. The number of anilines is 2. The predicted molar refractivity (Wildman–Crippen MR) is 189 cm³/mol. The highest BCUT2D eigenvalue weighted by Crippen LogP contribution is 2.32. The van der Waals surface area contributed by atoms with Crippen molar-refractivity contribution >= 4 is 34.7 Å². The molecule has 274 valence electrons. The average molecular weight is 710 g/mol. The second kappa shape index (κ2) is 15.7. The van der Waals surface area contributed by atoms with Gasteiger partial charge in [0.05, 0.1) is 29.8 Å². The molecule has 0 atom stereocenters. The summed E-state index contributed by atoms with van der Waals surface area (Å²) in [6, 6.07) is 10.7. The number of rotatable bonds is 11. The zero-order valence-electron chi connectivity index (χ0n) is 29.9. The molecule has 1 aliphatic rings. The van der Waals surface area contributed by atoms with Crippen LogP contribution in [0.25, 0.3) is 22.2 Å². The summed E-state index contributed by atoms with van der Waals surface area (Å²) in [6.07, 6.45) is 0.803. The van der Waals surface area contributed by atoms with Crippen molar-refractivity contribution in [2.24, 2.45) is 7.05 Å². The molecule has 0 bridgehead atoms. The first-order chi connectivity index (χ1) is 24.1. The van der Waals surface area contributed by atoms with E-state index in [4.69, 9.17) is 14.5 Å². The van der Waals surface area contributed by atoms with Gasteiger partial charge in [-0.2, -0.15) is 18.3 Å². The summed E-state index contributed by atoms with van der Waals surface area (Å²) in [5.74, 6) is 0.365. The number of ether oxygens (including phenoxy) is 2. The highest BCUT2D eigenvalue weighted by molar-refractivity contribution is 5.92. The van der Waals surface area contributed by atoms with Gasteiger partial charge in [0.2, 0.25) is 11.9 Å². The molecular weight excluding hydrogens is 663 g/mol. The van der Waals surface area contributed by atoms with Gasteiger partial charge in [-0.1, -0.05) is 25.1 Å². The number of aryl methyl sites for hydroxylation is 2. The van der Waals surface area contributed by atoms with Gasteiger partial charge in [0, 0.05) is 56.0 Å². The summed E-state index contributed by atoms with van der Waals surface area (Å²) in [4.78, 5) is 37.0. The zero-order chi connectivity index (χ0) is 36.9. The Balaban J connectivity index is 1.25. The summed E-state index contributed by atoms with van der Waals surface area (Å²) in [6.45, 7) is 8.56. The van der Waals surface area contributed by atoms with Gasteiger partial charge in [0.25, 0.3) is 0 Å². The molecule has 2 aromatic carbocycles. The molecule has 2 N–H and O–H groups in total. The summed E-state index contributed by atoms with van der Waals surface area (Å²) in [7, 11) is 3.38. The Morgan fingerprint density at radius 3 is 2.47 bits per heavy atom. The first-order valence-corrected chi connectivity index (χ1v) is 17.2. The number of nitrogens with zero attached hydrogens (tertiary/aromatic N) is 5. The fourth-order valence-corrected chi connectivity index (χ4v) is 6.38. The number of aromatic nitrogens is 4. The van der Waals surface area contributed by atoms with E-state index >= 15 is 0 Å². The standard InChI is InChI=1S/C37H46F3N7O4/c1-7-24-19-25(30-21-31(45-46(30)5)43-32(48)18-23-9-8-10-27(17-23)37(38,39)40)20-26-22-41-34(44-33(24)26)42-28-11-13-29(14-12-28)47(15-16-50-6)35(49)51-36(2,3)4/h8-10,17,19-22,28-29H,7,11-16,18H2,1-6H3,(H,41,42,44)(H,43,45,48). The van der Waals surface area contributed by atoms with Crippen LogP contribution in [0.3, 0.4) is 0 Å². The average Bonchev–Trinajstić information content (AvgIpc) is 3.43. The highest BCUT2D eigenvalue weighted by atomic mass is 19.4. The van der Waals surface area contributed by atoms with E-state index in [9.17, 15) is 22.8 Å². The van der Waals surface area contributed by atoms with Crippen LogP contribution in [0.4, 0.5) is 29.7 Å². The second-order valence-electron chi connectivity index (χ2n) is 13.9. The number of hydrogen-bond donors (Lipinski definition) is 2. The number of carbonyl (C=O) groups excluding carboxylic acids is 2. The van der Waals surface area contributed by atoms with Gasteiger partial charge in [-0.05, 0) is 82.2 Å².